The Labute approximate surface area is 108 Å². The molecule has 0 aliphatic heterocycles. The van der Waals surface area contributed by atoms with E-state index < -0.39 is 0 Å². The van der Waals surface area contributed by atoms with Gasteiger partial charge in [0.05, 0.1) is 13.0 Å². The molecule has 4 heteroatoms. The van der Waals surface area contributed by atoms with Gasteiger partial charge in [-0.2, -0.15) is 0 Å². The molecule has 0 spiro atoms. The first kappa shape index (κ1) is 14.5. The molecule has 100 valence electrons. The summed E-state index contributed by atoms with van der Waals surface area (Å²) in [4.78, 5) is 13.9. The minimum atomic E-state index is 0.00329. The number of hydrogen-bond acceptors (Lipinski definition) is 3. The fraction of sp³-hybridized carbons (Fsp3) is 0.500. The summed E-state index contributed by atoms with van der Waals surface area (Å²) in [6, 6.07) is 7.05. The molecule has 0 aliphatic rings. The second-order valence-corrected chi connectivity index (χ2v) is 4.48. The number of amides is 1. The van der Waals surface area contributed by atoms with Crippen molar-refractivity contribution in [3.63, 3.8) is 0 Å². The highest BCUT2D eigenvalue weighted by Crippen LogP contribution is 2.17. The molecular formula is C14H21NO3. The van der Waals surface area contributed by atoms with Crippen molar-refractivity contribution in [2.45, 2.75) is 26.3 Å². The van der Waals surface area contributed by atoms with Gasteiger partial charge in [0.2, 0.25) is 5.91 Å². The number of para-hydroxylation sites is 1. The molecule has 0 fully saturated rings. The van der Waals surface area contributed by atoms with Crippen LogP contribution in [-0.2, 0) is 16.0 Å². The first-order valence-electron chi connectivity index (χ1n) is 6.11. The molecule has 18 heavy (non-hydrogen) atoms. The van der Waals surface area contributed by atoms with Crippen LogP contribution in [0.15, 0.2) is 24.3 Å². The highest BCUT2D eigenvalue weighted by Gasteiger charge is 2.17. The molecule has 1 amide bonds. The summed E-state index contributed by atoms with van der Waals surface area (Å²) in [6.45, 7) is 5.03. The van der Waals surface area contributed by atoms with Crippen LogP contribution in [0.5, 0.6) is 5.75 Å². The van der Waals surface area contributed by atoms with Crippen LogP contribution in [0.4, 0.5) is 0 Å². The molecular weight excluding hydrogens is 230 g/mol. The molecule has 0 atom stereocenters. The van der Waals surface area contributed by atoms with Gasteiger partial charge in [-0.1, -0.05) is 18.2 Å². The monoisotopic (exact) mass is 251 g/mol. The summed E-state index contributed by atoms with van der Waals surface area (Å²) >= 11 is 0. The van der Waals surface area contributed by atoms with Crippen LogP contribution in [0.2, 0.25) is 0 Å². The normalized spacial score (nSPS) is 10.7. The number of aromatic hydroxyl groups is 1. The number of benzene rings is 1. The second kappa shape index (κ2) is 7.01. The second-order valence-electron chi connectivity index (χ2n) is 4.48. The summed E-state index contributed by atoms with van der Waals surface area (Å²) in [5, 5.41) is 9.66. The van der Waals surface area contributed by atoms with E-state index in [2.05, 4.69) is 0 Å². The Kier molecular flexibility index (Phi) is 5.65. The summed E-state index contributed by atoms with van der Waals surface area (Å²) in [5.74, 6) is 0.171. The Morgan fingerprint density at radius 2 is 2.06 bits per heavy atom. The number of rotatable bonds is 6. The van der Waals surface area contributed by atoms with E-state index in [-0.39, 0.29) is 24.1 Å². The Balaban J connectivity index is 2.70. The van der Waals surface area contributed by atoms with E-state index in [1.807, 2.05) is 19.9 Å². The minimum Gasteiger partial charge on any atom is -0.508 e. The average molecular weight is 251 g/mol. The Morgan fingerprint density at radius 1 is 1.39 bits per heavy atom. The molecule has 1 aromatic rings. The largest absolute Gasteiger partial charge is 0.508 e. The highest BCUT2D eigenvalue weighted by molar-refractivity contribution is 5.79. The van der Waals surface area contributed by atoms with Crippen LogP contribution in [-0.4, -0.2) is 42.2 Å². The van der Waals surface area contributed by atoms with E-state index in [1.54, 1.807) is 30.2 Å². The zero-order valence-electron chi connectivity index (χ0n) is 11.2. The fourth-order valence-electron chi connectivity index (χ4n) is 1.79. The zero-order valence-corrected chi connectivity index (χ0v) is 11.2. The van der Waals surface area contributed by atoms with E-state index in [0.717, 1.165) is 0 Å². The molecule has 1 aromatic carbocycles. The third kappa shape index (κ3) is 4.04. The maximum atomic E-state index is 12.2. The van der Waals surface area contributed by atoms with Crippen molar-refractivity contribution in [3.05, 3.63) is 29.8 Å². The number of nitrogens with zero attached hydrogens (tertiary/aromatic N) is 1. The maximum Gasteiger partial charge on any atom is 0.227 e. The predicted octanol–water partition coefficient (Wildman–Crippen LogP) is 1.82. The van der Waals surface area contributed by atoms with E-state index in [9.17, 15) is 9.90 Å². The van der Waals surface area contributed by atoms with Gasteiger partial charge in [-0.3, -0.25) is 4.79 Å². The minimum absolute atomic E-state index is 0.00329. The standard InChI is InChI=1S/C14H21NO3/c1-11(2)15(8-9-18-3)14(17)10-12-6-4-5-7-13(12)16/h4-7,11,16H,8-10H2,1-3H3. The van der Waals surface area contributed by atoms with Crippen LogP contribution in [0.3, 0.4) is 0 Å². The fourth-order valence-corrected chi connectivity index (χ4v) is 1.79. The van der Waals surface area contributed by atoms with Crippen molar-refractivity contribution in [2.24, 2.45) is 0 Å². The molecule has 0 radical (unpaired) electrons. The summed E-state index contributed by atoms with van der Waals surface area (Å²) in [6.07, 6.45) is 0.217. The van der Waals surface area contributed by atoms with Crippen molar-refractivity contribution >= 4 is 5.91 Å². The molecule has 4 nitrogen and oxygen atoms in total. The van der Waals surface area contributed by atoms with Gasteiger partial charge in [0.1, 0.15) is 5.75 Å². The SMILES string of the molecule is COCCN(C(=O)Cc1ccccc1O)C(C)C. The molecule has 0 unspecified atom stereocenters. The number of phenols is 1. The van der Waals surface area contributed by atoms with E-state index in [1.165, 1.54) is 0 Å². The van der Waals surface area contributed by atoms with Crippen LogP contribution in [0.25, 0.3) is 0 Å². The Morgan fingerprint density at radius 3 is 2.61 bits per heavy atom. The third-order valence-corrected chi connectivity index (χ3v) is 2.81. The van der Waals surface area contributed by atoms with Crippen LogP contribution >= 0.6 is 0 Å². The van der Waals surface area contributed by atoms with Crippen LogP contribution < -0.4 is 0 Å². The topological polar surface area (TPSA) is 49.8 Å². The van der Waals surface area contributed by atoms with E-state index in [0.29, 0.717) is 18.7 Å². The summed E-state index contributed by atoms with van der Waals surface area (Å²) in [7, 11) is 1.62. The average Bonchev–Trinajstić information content (AvgIpc) is 2.32. The van der Waals surface area contributed by atoms with Crippen molar-refractivity contribution in [3.8, 4) is 5.75 Å². The molecule has 1 N–H and O–H groups in total. The predicted molar refractivity (Wildman–Crippen MR) is 70.5 cm³/mol. The van der Waals surface area contributed by atoms with Gasteiger partial charge in [0.25, 0.3) is 0 Å². The lowest BCUT2D eigenvalue weighted by molar-refractivity contribution is -0.132. The zero-order chi connectivity index (χ0) is 13.5. The van der Waals surface area contributed by atoms with Crippen LogP contribution in [0, 0.1) is 0 Å². The van der Waals surface area contributed by atoms with Gasteiger partial charge < -0.3 is 14.7 Å². The summed E-state index contributed by atoms with van der Waals surface area (Å²) in [5.41, 5.74) is 0.658. The van der Waals surface area contributed by atoms with Crippen molar-refractivity contribution < 1.29 is 14.6 Å². The highest BCUT2D eigenvalue weighted by atomic mass is 16.5. The molecule has 0 saturated heterocycles. The molecule has 0 aliphatic carbocycles. The first-order chi connectivity index (χ1) is 8.56. The lowest BCUT2D eigenvalue weighted by atomic mass is 10.1. The Hall–Kier alpha value is -1.55. The molecule has 0 saturated carbocycles. The van der Waals surface area contributed by atoms with Gasteiger partial charge in [-0.15, -0.1) is 0 Å². The van der Waals surface area contributed by atoms with Gasteiger partial charge >= 0.3 is 0 Å². The number of ether oxygens (including phenoxy) is 1. The molecule has 0 bridgehead atoms. The van der Waals surface area contributed by atoms with Gasteiger partial charge in [-0.25, -0.2) is 0 Å². The number of carbonyl (C=O) groups excluding carboxylic acids is 1. The number of phenolic OH excluding ortho intramolecular Hbond substituents is 1. The smallest absolute Gasteiger partial charge is 0.227 e. The van der Waals surface area contributed by atoms with Crippen molar-refractivity contribution in [1.29, 1.82) is 0 Å². The lowest BCUT2D eigenvalue weighted by Gasteiger charge is -2.26. The van der Waals surface area contributed by atoms with E-state index in [4.69, 9.17) is 4.74 Å². The number of carbonyl (C=O) groups is 1. The van der Waals surface area contributed by atoms with Gasteiger partial charge in [0, 0.05) is 25.3 Å². The van der Waals surface area contributed by atoms with E-state index >= 15 is 0 Å². The number of hydrogen-bond donors (Lipinski definition) is 1. The first-order valence-corrected chi connectivity index (χ1v) is 6.11. The van der Waals surface area contributed by atoms with Gasteiger partial charge in [-0.05, 0) is 19.9 Å². The molecule has 1 rings (SSSR count). The Bertz CT molecular complexity index is 390. The lowest BCUT2D eigenvalue weighted by Crippen LogP contribution is -2.40. The summed E-state index contributed by atoms with van der Waals surface area (Å²) < 4.78 is 5.00. The number of methoxy groups -OCH3 is 1. The molecule has 0 aromatic heterocycles. The molecule has 0 heterocycles. The van der Waals surface area contributed by atoms with Crippen molar-refractivity contribution in [1.82, 2.24) is 4.90 Å². The maximum absolute atomic E-state index is 12.2. The van der Waals surface area contributed by atoms with Crippen molar-refractivity contribution in [2.75, 3.05) is 20.3 Å². The van der Waals surface area contributed by atoms with Crippen LogP contribution in [0.1, 0.15) is 19.4 Å². The quantitative estimate of drug-likeness (QED) is 0.839. The third-order valence-electron chi connectivity index (χ3n) is 2.81. The van der Waals surface area contributed by atoms with Gasteiger partial charge in [0.15, 0.2) is 0 Å².